The highest BCUT2D eigenvalue weighted by atomic mass is 32.2. The van der Waals surface area contributed by atoms with E-state index in [1.165, 1.54) is 0 Å². The highest BCUT2D eigenvalue weighted by molar-refractivity contribution is 7.98. The van der Waals surface area contributed by atoms with E-state index in [0.29, 0.717) is 24.5 Å². The van der Waals surface area contributed by atoms with Gasteiger partial charge in [0.05, 0.1) is 19.2 Å². The lowest BCUT2D eigenvalue weighted by Gasteiger charge is -2.11. The smallest absolute Gasteiger partial charge is 0.319 e. The molecule has 0 saturated heterocycles. The van der Waals surface area contributed by atoms with Crippen molar-refractivity contribution in [2.75, 3.05) is 26.1 Å². The molecule has 0 aliphatic rings. The SMILES string of the molecule is COc1ccc(CCNC(=O)Nc2cccc(CSc3ccccn3)c2)cc1OC. The van der Waals surface area contributed by atoms with Crippen LogP contribution in [0.5, 0.6) is 11.5 Å². The summed E-state index contributed by atoms with van der Waals surface area (Å²) in [5.74, 6) is 2.15. The van der Waals surface area contributed by atoms with Gasteiger partial charge in [0, 0.05) is 24.2 Å². The van der Waals surface area contributed by atoms with E-state index in [0.717, 1.165) is 27.6 Å². The highest BCUT2D eigenvalue weighted by Gasteiger charge is 2.06. The minimum atomic E-state index is -0.231. The molecule has 30 heavy (non-hydrogen) atoms. The molecular formula is C23H25N3O3S. The molecule has 0 saturated carbocycles. The molecular weight excluding hydrogens is 398 g/mol. The first kappa shape index (κ1) is 21.5. The highest BCUT2D eigenvalue weighted by Crippen LogP contribution is 2.27. The van der Waals surface area contributed by atoms with Crippen molar-refractivity contribution >= 4 is 23.5 Å². The van der Waals surface area contributed by atoms with Gasteiger partial charge in [0.1, 0.15) is 0 Å². The van der Waals surface area contributed by atoms with Crippen LogP contribution in [0, 0.1) is 0 Å². The Labute approximate surface area is 181 Å². The van der Waals surface area contributed by atoms with E-state index in [-0.39, 0.29) is 6.03 Å². The maximum atomic E-state index is 12.2. The van der Waals surface area contributed by atoms with Crippen LogP contribution in [0.1, 0.15) is 11.1 Å². The lowest BCUT2D eigenvalue weighted by molar-refractivity contribution is 0.252. The Morgan fingerprint density at radius 1 is 0.967 bits per heavy atom. The van der Waals surface area contributed by atoms with E-state index in [2.05, 4.69) is 15.6 Å². The van der Waals surface area contributed by atoms with Crippen molar-refractivity contribution in [3.63, 3.8) is 0 Å². The molecule has 0 radical (unpaired) electrons. The van der Waals surface area contributed by atoms with Gasteiger partial charge in [0.15, 0.2) is 11.5 Å². The van der Waals surface area contributed by atoms with Crippen molar-refractivity contribution < 1.29 is 14.3 Å². The number of hydrogen-bond acceptors (Lipinski definition) is 5. The van der Waals surface area contributed by atoms with Gasteiger partial charge in [-0.05, 0) is 53.9 Å². The third-order valence-electron chi connectivity index (χ3n) is 4.36. The Hall–Kier alpha value is -3.19. The van der Waals surface area contributed by atoms with Crippen LogP contribution in [0.25, 0.3) is 0 Å². The number of rotatable bonds is 9. The van der Waals surface area contributed by atoms with Gasteiger partial charge in [-0.3, -0.25) is 0 Å². The molecule has 2 aromatic carbocycles. The predicted octanol–water partition coefficient (Wildman–Crippen LogP) is 4.76. The molecule has 156 valence electrons. The van der Waals surface area contributed by atoms with Crippen molar-refractivity contribution in [3.8, 4) is 11.5 Å². The van der Waals surface area contributed by atoms with Gasteiger partial charge >= 0.3 is 6.03 Å². The Morgan fingerprint density at radius 3 is 2.60 bits per heavy atom. The number of anilines is 1. The molecule has 1 heterocycles. The number of urea groups is 1. The van der Waals surface area contributed by atoms with Gasteiger partial charge in [0.2, 0.25) is 0 Å². The summed E-state index contributed by atoms with van der Waals surface area (Å²) >= 11 is 1.66. The summed E-state index contributed by atoms with van der Waals surface area (Å²) in [6.07, 6.45) is 2.47. The van der Waals surface area contributed by atoms with E-state index in [4.69, 9.17) is 9.47 Å². The number of pyridine rings is 1. The van der Waals surface area contributed by atoms with Crippen LogP contribution >= 0.6 is 11.8 Å². The average molecular weight is 424 g/mol. The number of amides is 2. The van der Waals surface area contributed by atoms with Crippen LogP contribution in [0.3, 0.4) is 0 Å². The zero-order valence-corrected chi connectivity index (χ0v) is 17.9. The third kappa shape index (κ3) is 6.42. The van der Waals surface area contributed by atoms with Crippen LogP contribution in [-0.2, 0) is 12.2 Å². The number of carbonyl (C=O) groups excluding carboxylic acids is 1. The maximum Gasteiger partial charge on any atom is 0.319 e. The van der Waals surface area contributed by atoms with E-state index in [9.17, 15) is 4.79 Å². The molecule has 0 atom stereocenters. The summed E-state index contributed by atoms with van der Waals surface area (Å²) in [4.78, 5) is 16.5. The summed E-state index contributed by atoms with van der Waals surface area (Å²) < 4.78 is 10.6. The lowest BCUT2D eigenvalue weighted by Crippen LogP contribution is -2.30. The third-order valence-corrected chi connectivity index (χ3v) is 5.37. The molecule has 6 nitrogen and oxygen atoms in total. The first-order valence-electron chi connectivity index (χ1n) is 9.56. The zero-order chi connectivity index (χ0) is 21.2. The summed E-state index contributed by atoms with van der Waals surface area (Å²) in [5.41, 5.74) is 2.94. The van der Waals surface area contributed by atoms with Crippen LogP contribution in [0.2, 0.25) is 0 Å². The number of nitrogens with zero attached hydrogens (tertiary/aromatic N) is 1. The Bertz CT molecular complexity index is 967. The molecule has 7 heteroatoms. The van der Waals surface area contributed by atoms with Crippen LogP contribution in [-0.4, -0.2) is 31.8 Å². The standard InChI is InChI=1S/C23H25N3O3S/c1-28-20-10-9-17(15-21(20)29-2)11-13-25-23(27)26-19-7-5-6-18(14-19)16-30-22-8-3-4-12-24-22/h3-10,12,14-15H,11,13,16H2,1-2H3,(H2,25,26,27). The van der Waals surface area contributed by atoms with Gasteiger partial charge < -0.3 is 20.1 Å². The molecule has 0 aliphatic heterocycles. The molecule has 1 aromatic heterocycles. The molecule has 3 aromatic rings. The molecule has 0 aliphatic carbocycles. The summed E-state index contributed by atoms with van der Waals surface area (Å²) in [5, 5.41) is 6.75. The van der Waals surface area contributed by atoms with E-state index in [1.807, 2.05) is 60.7 Å². The second-order valence-electron chi connectivity index (χ2n) is 6.48. The fraction of sp³-hybridized carbons (Fsp3) is 0.217. The lowest BCUT2D eigenvalue weighted by atomic mass is 10.1. The predicted molar refractivity (Wildman–Crippen MR) is 121 cm³/mol. The Kier molecular flexibility index (Phi) is 7.97. The molecule has 2 amide bonds. The molecule has 0 bridgehead atoms. The number of ether oxygens (including phenoxy) is 2. The minimum absolute atomic E-state index is 0.231. The quantitative estimate of drug-likeness (QED) is 0.486. The average Bonchev–Trinajstić information content (AvgIpc) is 2.78. The number of hydrogen-bond donors (Lipinski definition) is 2. The molecule has 0 fully saturated rings. The maximum absolute atomic E-state index is 12.2. The van der Waals surface area contributed by atoms with E-state index >= 15 is 0 Å². The van der Waals surface area contributed by atoms with Crippen molar-refractivity contribution in [2.45, 2.75) is 17.2 Å². The van der Waals surface area contributed by atoms with Crippen LogP contribution in [0.4, 0.5) is 10.5 Å². The van der Waals surface area contributed by atoms with E-state index in [1.54, 1.807) is 32.2 Å². The molecule has 0 spiro atoms. The van der Waals surface area contributed by atoms with Gasteiger partial charge in [-0.2, -0.15) is 0 Å². The van der Waals surface area contributed by atoms with Crippen LogP contribution < -0.4 is 20.1 Å². The number of thioether (sulfide) groups is 1. The van der Waals surface area contributed by atoms with E-state index < -0.39 is 0 Å². The second kappa shape index (κ2) is 11.1. The van der Waals surface area contributed by atoms with Gasteiger partial charge in [0.25, 0.3) is 0 Å². The topological polar surface area (TPSA) is 72.5 Å². The zero-order valence-electron chi connectivity index (χ0n) is 17.1. The minimum Gasteiger partial charge on any atom is -0.493 e. The monoisotopic (exact) mass is 423 g/mol. The first-order chi connectivity index (χ1) is 14.7. The fourth-order valence-corrected chi connectivity index (χ4v) is 3.66. The largest absolute Gasteiger partial charge is 0.493 e. The number of benzene rings is 2. The van der Waals surface area contributed by atoms with Gasteiger partial charge in [-0.1, -0.05) is 24.3 Å². The first-order valence-corrected chi connectivity index (χ1v) is 10.5. The van der Waals surface area contributed by atoms with Crippen LogP contribution in [0.15, 0.2) is 71.9 Å². The second-order valence-corrected chi connectivity index (χ2v) is 7.47. The van der Waals surface area contributed by atoms with Crippen molar-refractivity contribution in [2.24, 2.45) is 0 Å². The van der Waals surface area contributed by atoms with Gasteiger partial charge in [-0.25, -0.2) is 9.78 Å². The Balaban J connectivity index is 1.47. The summed E-state index contributed by atoms with van der Waals surface area (Å²) in [7, 11) is 3.21. The molecule has 0 unspecified atom stereocenters. The van der Waals surface area contributed by atoms with Crippen molar-refractivity contribution in [1.82, 2.24) is 10.3 Å². The number of aromatic nitrogens is 1. The van der Waals surface area contributed by atoms with Crippen molar-refractivity contribution in [1.29, 1.82) is 0 Å². The number of methoxy groups -OCH3 is 2. The van der Waals surface area contributed by atoms with Gasteiger partial charge in [-0.15, -0.1) is 11.8 Å². The number of nitrogens with one attached hydrogen (secondary N) is 2. The molecule has 2 N–H and O–H groups in total. The fourth-order valence-electron chi connectivity index (χ4n) is 2.86. The summed E-state index contributed by atoms with van der Waals surface area (Å²) in [6.45, 7) is 0.510. The number of carbonyl (C=O) groups is 1. The Morgan fingerprint density at radius 2 is 1.83 bits per heavy atom. The molecule has 3 rings (SSSR count). The summed E-state index contributed by atoms with van der Waals surface area (Å²) in [6, 6.07) is 19.2. The normalized spacial score (nSPS) is 10.3. The van der Waals surface area contributed by atoms with Crippen molar-refractivity contribution in [3.05, 3.63) is 78.0 Å².